The van der Waals surface area contributed by atoms with Crippen LogP contribution in [0.4, 0.5) is 0 Å². The van der Waals surface area contributed by atoms with Crippen LogP contribution in [0, 0.1) is 0 Å². The van der Waals surface area contributed by atoms with Gasteiger partial charge in [0, 0.05) is 12.3 Å². The third kappa shape index (κ3) is 3.07. The quantitative estimate of drug-likeness (QED) is 0.443. The summed E-state index contributed by atoms with van der Waals surface area (Å²) in [6.45, 7) is 0. The van der Waals surface area contributed by atoms with Gasteiger partial charge in [0.1, 0.15) is 5.75 Å². The molecule has 2 rings (SSSR count). The van der Waals surface area contributed by atoms with Crippen molar-refractivity contribution in [2.24, 2.45) is 0 Å². The van der Waals surface area contributed by atoms with E-state index in [0.717, 1.165) is 23.6 Å². The zero-order valence-electron chi connectivity index (χ0n) is 11.0. The highest BCUT2D eigenvalue weighted by Crippen LogP contribution is 2.29. The van der Waals surface area contributed by atoms with E-state index in [9.17, 15) is 4.79 Å². The molecule has 0 bridgehead atoms. The van der Waals surface area contributed by atoms with Gasteiger partial charge in [0.05, 0.1) is 12.7 Å². The van der Waals surface area contributed by atoms with Gasteiger partial charge >= 0.3 is 0 Å². The van der Waals surface area contributed by atoms with Crippen LogP contribution in [0.3, 0.4) is 0 Å². The van der Waals surface area contributed by atoms with Gasteiger partial charge in [-0.15, -0.1) is 11.6 Å². The Hall–Kier alpha value is -1.54. The minimum absolute atomic E-state index is 0.124. The van der Waals surface area contributed by atoms with Gasteiger partial charge in [-0.3, -0.25) is 4.79 Å². The number of methoxy groups -OCH3 is 1. The SMILES string of the molecule is COc1ccc2ccccc2c1C(=O)CCCCCl. The predicted octanol–water partition coefficient (Wildman–Crippen LogP) is 4.44. The summed E-state index contributed by atoms with van der Waals surface area (Å²) in [4.78, 5) is 12.4. The van der Waals surface area contributed by atoms with Crippen LogP contribution in [-0.2, 0) is 0 Å². The van der Waals surface area contributed by atoms with E-state index in [1.165, 1.54) is 0 Å². The molecule has 0 spiro atoms. The molecule has 2 aromatic rings. The van der Waals surface area contributed by atoms with E-state index in [4.69, 9.17) is 16.3 Å². The number of Topliss-reactive ketones (excluding diaryl/α,β-unsaturated/α-hetero) is 1. The average Bonchev–Trinajstić information content (AvgIpc) is 2.46. The molecule has 3 heteroatoms. The largest absolute Gasteiger partial charge is 0.496 e. The van der Waals surface area contributed by atoms with E-state index in [1.807, 2.05) is 36.4 Å². The van der Waals surface area contributed by atoms with Crippen molar-refractivity contribution in [3.63, 3.8) is 0 Å². The summed E-state index contributed by atoms with van der Waals surface area (Å²) in [5.41, 5.74) is 0.690. The van der Waals surface area contributed by atoms with Gasteiger partial charge in [0.25, 0.3) is 0 Å². The highest BCUT2D eigenvalue weighted by Gasteiger charge is 2.15. The monoisotopic (exact) mass is 276 g/mol. The summed E-state index contributed by atoms with van der Waals surface area (Å²) < 4.78 is 5.33. The molecule has 0 saturated carbocycles. The Morgan fingerprint density at radius 1 is 1.16 bits per heavy atom. The third-order valence-corrected chi connectivity index (χ3v) is 3.44. The molecule has 19 heavy (non-hydrogen) atoms. The fourth-order valence-corrected chi connectivity index (χ4v) is 2.40. The first-order valence-corrected chi connectivity index (χ1v) is 6.96. The van der Waals surface area contributed by atoms with Crippen LogP contribution in [0.25, 0.3) is 10.8 Å². The summed E-state index contributed by atoms with van der Waals surface area (Å²) >= 11 is 5.65. The number of rotatable bonds is 6. The molecule has 0 atom stereocenters. The zero-order valence-corrected chi connectivity index (χ0v) is 11.7. The van der Waals surface area contributed by atoms with Crippen molar-refractivity contribution < 1.29 is 9.53 Å². The molecule has 0 saturated heterocycles. The normalized spacial score (nSPS) is 10.6. The Morgan fingerprint density at radius 3 is 2.68 bits per heavy atom. The number of halogens is 1. The molecule has 100 valence electrons. The van der Waals surface area contributed by atoms with Crippen LogP contribution in [-0.4, -0.2) is 18.8 Å². The Morgan fingerprint density at radius 2 is 1.95 bits per heavy atom. The molecule has 0 heterocycles. The maximum absolute atomic E-state index is 12.4. The van der Waals surface area contributed by atoms with Crippen LogP contribution in [0.2, 0.25) is 0 Å². The second-order valence-corrected chi connectivity index (χ2v) is 4.81. The summed E-state index contributed by atoms with van der Waals surface area (Å²) in [6.07, 6.45) is 2.19. The van der Waals surface area contributed by atoms with Crippen LogP contribution in [0.5, 0.6) is 5.75 Å². The lowest BCUT2D eigenvalue weighted by Gasteiger charge is -2.11. The highest BCUT2D eigenvalue weighted by atomic mass is 35.5. The number of unbranched alkanes of at least 4 members (excludes halogenated alkanes) is 1. The molecule has 0 N–H and O–H groups in total. The van der Waals surface area contributed by atoms with E-state index in [1.54, 1.807) is 7.11 Å². The Balaban J connectivity index is 2.41. The topological polar surface area (TPSA) is 26.3 Å². The van der Waals surface area contributed by atoms with E-state index in [-0.39, 0.29) is 5.78 Å². The van der Waals surface area contributed by atoms with Crippen molar-refractivity contribution in [2.45, 2.75) is 19.3 Å². The maximum Gasteiger partial charge on any atom is 0.167 e. The predicted molar refractivity (Wildman–Crippen MR) is 79.4 cm³/mol. The van der Waals surface area contributed by atoms with Gasteiger partial charge in [0.15, 0.2) is 5.78 Å². The summed E-state index contributed by atoms with van der Waals surface area (Å²) in [7, 11) is 1.60. The maximum atomic E-state index is 12.4. The number of carbonyl (C=O) groups is 1. The molecule has 0 aliphatic heterocycles. The molecule has 0 aromatic heterocycles. The molecule has 0 radical (unpaired) electrons. The smallest absolute Gasteiger partial charge is 0.167 e. The van der Waals surface area contributed by atoms with Gasteiger partial charge in [-0.2, -0.15) is 0 Å². The van der Waals surface area contributed by atoms with Crippen LogP contribution in [0.15, 0.2) is 36.4 Å². The van der Waals surface area contributed by atoms with Gasteiger partial charge in [-0.1, -0.05) is 30.3 Å². The van der Waals surface area contributed by atoms with Crippen LogP contribution < -0.4 is 4.74 Å². The fourth-order valence-electron chi connectivity index (χ4n) is 2.21. The number of alkyl halides is 1. The number of hydrogen-bond acceptors (Lipinski definition) is 2. The molecule has 0 aliphatic carbocycles. The lowest BCUT2D eigenvalue weighted by atomic mass is 9.97. The fraction of sp³-hybridized carbons (Fsp3) is 0.312. The Bertz CT molecular complexity index is 578. The number of benzene rings is 2. The minimum Gasteiger partial charge on any atom is -0.496 e. The molecule has 0 amide bonds. The van der Waals surface area contributed by atoms with Crippen molar-refractivity contribution in [3.8, 4) is 5.75 Å². The van der Waals surface area contributed by atoms with Crippen molar-refractivity contribution in [1.82, 2.24) is 0 Å². The first-order valence-electron chi connectivity index (χ1n) is 6.43. The molecular formula is C16H17ClO2. The lowest BCUT2D eigenvalue weighted by Crippen LogP contribution is -2.03. The molecule has 0 fully saturated rings. The van der Waals surface area contributed by atoms with Crippen molar-refractivity contribution in [2.75, 3.05) is 13.0 Å². The first-order chi connectivity index (χ1) is 9.27. The van der Waals surface area contributed by atoms with E-state index in [2.05, 4.69) is 0 Å². The molecule has 2 aromatic carbocycles. The number of ether oxygens (including phenoxy) is 1. The third-order valence-electron chi connectivity index (χ3n) is 3.18. The second kappa shape index (κ2) is 6.58. The standard InChI is InChI=1S/C16H17ClO2/c1-19-15-10-9-12-6-2-3-7-13(12)16(15)14(18)8-4-5-11-17/h2-3,6-7,9-10H,4-5,8,11H2,1H3. The number of ketones is 1. The highest BCUT2D eigenvalue weighted by molar-refractivity contribution is 6.17. The van der Waals surface area contributed by atoms with E-state index < -0.39 is 0 Å². The lowest BCUT2D eigenvalue weighted by molar-refractivity contribution is 0.0978. The van der Waals surface area contributed by atoms with Crippen LogP contribution >= 0.6 is 11.6 Å². The summed E-state index contributed by atoms with van der Waals surface area (Å²) in [5, 5.41) is 2.02. The van der Waals surface area contributed by atoms with Crippen molar-refractivity contribution >= 4 is 28.2 Å². The van der Waals surface area contributed by atoms with Gasteiger partial charge in [0.2, 0.25) is 0 Å². The Labute approximate surface area is 118 Å². The molecular weight excluding hydrogens is 260 g/mol. The molecule has 0 unspecified atom stereocenters. The minimum atomic E-state index is 0.124. The van der Waals surface area contributed by atoms with Crippen LogP contribution in [0.1, 0.15) is 29.6 Å². The summed E-state index contributed by atoms with van der Waals surface area (Å²) in [6, 6.07) is 11.7. The van der Waals surface area contributed by atoms with Gasteiger partial charge in [-0.25, -0.2) is 0 Å². The van der Waals surface area contributed by atoms with Gasteiger partial charge in [-0.05, 0) is 29.7 Å². The second-order valence-electron chi connectivity index (χ2n) is 4.43. The number of fused-ring (bicyclic) bond motifs is 1. The molecule has 0 aliphatic rings. The van der Waals surface area contributed by atoms with Crippen molar-refractivity contribution in [3.05, 3.63) is 42.0 Å². The van der Waals surface area contributed by atoms with E-state index >= 15 is 0 Å². The zero-order chi connectivity index (χ0) is 13.7. The summed E-state index contributed by atoms with van der Waals surface area (Å²) in [5.74, 6) is 1.37. The molecule has 2 nitrogen and oxygen atoms in total. The van der Waals surface area contributed by atoms with Crippen molar-refractivity contribution in [1.29, 1.82) is 0 Å². The first kappa shape index (κ1) is 13.9. The number of carbonyl (C=O) groups excluding carboxylic acids is 1. The van der Waals surface area contributed by atoms with E-state index in [0.29, 0.717) is 23.6 Å². The average molecular weight is 277 g/mol. The van der Waals surface area contributed by atoms with Gasteiger partial charge < -0.3 is 4.74 Å². The Kier molecular flexibility index (Phi) is 4.80. The number of hydrogen-bond donors (Lipinski definition) is 0.